The van der Waals surface area contributed by atoms with Crippen molar-refractivity contribution < 1.29 is 9.47 Å². The number of hydrogen-bond donors (Lipinski definition) is 1. The molecule has 0 saturated heterocycles. The molecule has 0 spiro atoms. The van der Waals surface area contributed by atoms with Gasteiger partial charge in [0.25, 0.3) is 0 Å². The third kappa shape index (κ3) is 2.41. The summed E-state index contributed by atoms with van der Waals surface area (Å²) < 4.78 is 10.3. The molecule has 0 saturated carbocycles. The maximum Gasteiger partial charge on any atom is 0.179 e. The molecular formula is C11H12N4O2. The lowest BCUT2D eigenvalue weighted by atomic mass is 10.3. The Morgan fingerprint density at radius 3 is 2.59 bits per heavy atom. The molecule has 0 fully saturated rings. The van der Waals surface area contributed by atoms with Crippen LogP contribution < -0.4 is 14.8 Å². The smallest absolute Gasteiger partial charge is 0.179 e. The summed E-state index contributed by atoms with van der Waals surface area (Å²) in [5, 5.41) is 3.10. The van der Waals surface area contributed by atoms with E-state index in [-0.39, 0.29) is 0 Å². The van der Waals surface area contributed by atoms with Gasteiger partial charge in [-0.15, -0.1) is 0 Å². The predicted octanol–water partition coefficient (Wildman–Crippen LogP) is 1.63. The van der Waals surface area contributed by atoms with E-state index in [4.69, 9.17) is 9.47 Å². The molecule has 17 heavy (non-hydrogen) atoms. The summed E-state index contributed by atoms with van der Waals surface area (Å²) in [4.78, 5) is 11.9. The number of pyridine rings is 1. The average Bonchev–Trinajstić information content (AvgIpc) is 2.40. The largest absolute Gasteiger partial charge is 0.493 e. The van der Waals surface area contributed by atoms with Gasteiger partial charge in [-0.05, 0) is 6.07 Å². The van der Waals surface area contributed by atoms with Gasteiger partial charge in [-0.1, -0.05) is 0 Å². The van der Waals surface area contributed by atoms with Crippen LogP contribution in [0.2, 0.25) is 0 Å². The van der Waals surface area contributed by atoms with Crippen molar-refractivity contribution >= 4 is 11.5 Å². The molecule has 88 valence electrons. The quantitative estimate of drug-likeness (QED) is 0.864. The van der Waals surface area contributed by atoms with Crippen LogP contribution in [0.5, 0.6) is 11.5 Å². The first-order valence-electron chi connectivity index (χ1n) is 4.94. The van der Waals surface area contributed by atoms with Crippen LogP contribution in [-0.4, -0.2) is 29.2 Å². The Hall–Kier alpha value is -2.37. The first-order chi connectivity index (χ1) is 8.35. The van der Waals surface area contributed by atoms with Crippen molar-refractivity contribution in [2.24, 2.45) is 0 Å². The zero-order valence-electron chi connectivity index (χ0n) is 9.54. The molecular weight excluding hydrogens is 220 g/mol. The number of methoxy groups -OCH3 is 2. The summed E-state index contributed by atoms with van der Waals surface area (Å²) in [7, 11) is 3.15. The first kappa shape index (κ1) is 11.1. The van der Waals surface area contributed by atoms with Gasteiger partial charge in [-0.25, -0.2) is 9.97 Å². The molecule has 0 unspecified atom stereocenters. The molecule has 2 aromatic rings. The molecule has 2 aromatic heterocycles. The van der Waals surface area contributed by atoms with Crippen molar-refractivity contribution in [2.75, 3.05) is 19.5 Å². The topological polar surface area (TPSA) is 69.2 Å². The van der Waals surface area contributed by atoms with E-state index in [0.29, 0.717) is 17.3 Å². The van der Waals surface area contributed by atoms with E-state index in [9.17, 15) is 0 Å². The molecule has 0 bridgehead atoms. The van der Waals surface area contributed by atoms with Gasteiger partial charge < -0.3 is 14.8 Å². The van der Waals surface area contributed by atoms with Gasteiger partial charge in [-0.3, -0.25) is 4.98 Å². The van der Waals surface area contributed by atoms with Crippen LogP contribution in [0.25, 0.3) is 0 Å². The van der Waals surface area contributed by atoms with Gasteiger partial charge in [-0.2, -0.15) is 0 Å². The highest BCUT2D eigenvalue weighted by Crippen LogP contribution is 2.28. The fraction of sp³-hybridized carbons (Fsp3) is 0.182. The molecule has 2 rings (SSSR count). The molecule has 6 heteroatoms. The van der Waals surface area contributed by atoms with E-state index in [1.165, 1.54) is 6.33 Å². The van der Waals surface area contributed by atoms with Gasteiger partial charge in [0.1, 0.15) is 6.33 Å². The number of hydrogen-bond acceptors (Lipinski definition) is 6. The Balaban J connectivity index is 2.31. The number of rotatable bonds is 4. The van der Waals surface area contributed by atoms with E-state index in [2.05, 4.69) is 20.3 Å². The van der Waals surface area contributed by atoms with Crippen LogP contribution in [0.3, 0.4) is 0 Å². The predicted molar refractivity (Wildman–Crippen MR) is 62.7 cm³/mol. The summed E-state index contributed by atoms with van der Waals surface area (Å²) >= 11 is 0. The van der Waals surface area contributed by atoms with Crippen LogP contribution in [0, 0.1) is 0 Å². The highest BCUT2D eigenvalue weighted by atomic mass is 16.5. The summed E-state index contributed by atoms with van der Waals surface area (Å²) in [5.74, 6) is 1.77. The van der Waals surface area contributed by atoms with E-state index in [1.807, 2.05) is 0 Å². The van der Waals surface area contributed by atoms with Crippen LogP contribution in [0.4, 0.5) is 11.5 Å². The Morgan fingerprint density at radius 1 is 1.06 bits per heavy atom. The summed E-state index contributed by atoms with van der Waals surface area (Å²) in [6.07, 6.45) is 6.32. The van der Waals surface area contributed by atoms with Crippen molar-refractivity contribution in [3.63, 3.8) is 0 Å². The van der Waals surface area contributed by atoms with E-state index in [1.54, 1.807) is 38.9 Å². The maximum atomic E-state index is 5.18. The van der Waals surface area contributed by atoms with Crippen molar-refractivity contribution in [1.82, 2.24) is 15.0 Å². The molecule has 0 amide bonds. The van der Waals surface area contributed by atoms with Gasteiger partial charge >= 0.3 is 0 Å². The van der Waals surface area contributed by atoms with Gasteiger partial charge in [0, 0.05) is 6.20 Å². The SMILES string of the molecule is COc1cnccc1Nc1ncncc1OC. The second-order valence-electron chi connectivity index (χ2n) is 3.14. The van der Waals surface area contributed by atoms with E-state index >= 15 is 0 Å². The lowest BCUT2D eigenvalue weighted by molar-refractivity contribution is 0.411. The van der Waals surface area contributed by atoms with Crippen LogP contribution in [0.1, 0.15) is 0 Å². The third-order valence-electron chi connectivity index (χ3n) is 2.16. The first-order valence-corrected chi connectivity index (χ1v) is 4.94. The van der Waals surface area contributed by atoms with Crippen LogP contribution in [-0.2, 0) is 0 Å². The second kappa shape index (κ2) is 5.11. The minimum atomic E-state index is 0.561. The van der Waals surface area contributed by atoms with Gasteiger partial charge in [0.15, 0.2) is 17.3 Å². The minimum Gasteiger partial charge on any atom is -0.493 e. The van der Waals surface area contributed by atoms with Crippen molar-refractivity contribution in [2.45, 2.75) is 0 Å². The zero-order chi connectivity index (χ0) is 12.1. The van der Waals surface area contributed by atoms with Crippen LogP contribution >= 0.6 is 0 Å². The molecule has 0 aliphatic heterocycles. The maximum absolute atomic E-state index is 5.18. The molecule has 0 aliphatic rings. The van der Waals surface area contributed by atoms with E-state index < -0.39 is 0 Å². The molecule has 0 atom stereocenters. The van der Waals surface area contributed by atoms with Crippen molar-refractivity contribution in [3.8, 4) is 11.5 Å². The zero-order valence-corrected chi connectivity index (χ0v) is 9.54. The van der Waals surface area contributed by atoms with Gasteiger partial charge in [0.2, 0.25) is 0 Å². The average molecular weight is 232 g/mol. The van der Waals surface area contributed by atoms with E-state index in [0.717, 1.165) is 5.69 Å². The Morgan fingerprint density at radius 2 is 1.82 bits per heavy atom. The number of nitrogens with zero attached hydrogens (tertiary/aromatic N) is 3. The molecule has 6 nitrogen and oxygen atoms in total. The standard InChI is InChI=1S/C11H12N4O2/c1-16-9-5-12-4-3-8(9)15-11-10(17-2)6-13-7-14-11/h3-7H,1-2H3,(H,12,13,14,15). The fourth-order valence-corrected chi connectivity index (χ4v) is 1.33. The number of aromatic nitrogens is 3. The number of ether oxygens (including phenoxy) is 2. The Bertz CT molecular complexity index is 459. The normalized spacial score (nSPS) is 9.76. The lowest BCUT2D eigenvalue weighted by Gasteiger charge is -2.11. The monoisotopic (exact) mass is 232 g/mol. The third-order valence-corrected chi connectivity index (χ3v) is 2.16. The molecule has 0 aliphatic carbocycles. The number of anilines is 2. The summed E-state index contributed by atoms with van der Waals surface area (Å²) in [6, 6.07) is 1.79. The Kier molecular flexibility index (Phi) is 3.34. The van der Waals surface area contributed by atoms with Gasteiger partial charge in [0.05, 0.1) is 32.3 Å². The molecule has 0 aromatic carbocycles. The molecule has 2 heterocycles. The van der Waals surface area contributed by atoms with Crippen LogP contribution in [0.15, 0.2) is 31.0 Å². The Labute approximate surface area is 98.7 Å². The number of nitrogens with one attached hydrogen (secondary N) is 1. The summed E-state index contributed by atoms with van der Waals surface area (Å²) in [5.41, 5.74) is 0.763. The fourth-order valence-electron chi connectivity index (χ4n) is 1.33. The summed E-state index contributed by atoms with van der Waals surface area (Å²) in [6.45, 7) is 0. The molecule has 1 N–H and O–H groups in total. The second-order valence-corrected chi connectivity index (χ2v) is 3.14. The highest BCUT2D eigenvalue weighted by molar-refractivity contribution is 5.66. The lowest BCUT2D eigenvalue weighted by Crippen LogP contribution is -2.00. The highest BCUT2D eigenvalue weighted by Gasteiger charge is 2.07. The molecule has 0 radical (unpaired) electrons. The van der Waals surface area contributed by atoms with Crippen molar-refractivity contribution in [3.05, 3.63) is 31.0 Å². The van der Waals surface area contributed by atoms with Crippen molar-refractivity contribution in [1.29, 1.82) is 0 Å². The minimum absolute atomic E-state index is 0.561.